The summed E-state index contributed by atoms with van der Waals surface area (Å²) in [6, 6.07) is 0.141. The van der Waals surface area contributed by atoms with Gasteiger partial charge >= 0.3 is 0 Å². The lowest BCUT2D eigenvalue weighted by molar-refractivity contribution is -0.0376. The second-order valence-electron chi connectivity index (χ2n) is 5.17. The van der Waals surface area contributed by atoms with Crippen LogP contribution in [0.3, 0.4) is 0 Å². The van der Waals surface area contributed by atoms with Crippen molar-refractivity contribution in [2.45, 2.75) is 57.2 Å². The van der Waals surface area contributed by atoms with Crippen LogP contribution in [-0.4, -0.2) is 11.7 Å². The Morgan fingerprint density at radius 3 is 2.54 bits per heavy atom. The molecule has 2 N–H and O–H groups in total. The minimum absolute atomic E-state index is 0.141. The fourth-order valence-corrected chi connectivity index (χ4v) is 3.05. The van der Waals surface area contributed by atoms with E-state index in [0.717, 1.165) is 18.8 Å². The van der Waals surface area contributed by atoms with E-state index in [0.29, 0.717) is 18.8 Å². The van der Waals surface area contributed by atoms with Crippen molar-refractivity contribution in [2.24, 2.45) is 17.6 Å². The fourth-order valence-electron chi connectivity index (χ4n) is 3.05. The van der Waals surface area contributed by atoms with Gasteiger partial charge in [0.1, 0.15) is 5.67 Å². The van der Waals surface area contributed by atoms with Crippen LogP contribution in [-0.2, 0) is 0 Å². The van der Waals surface area contributed by atoms with Gasteiger partial charge in [0.15, 0.2) is 0 Å². The summed E-state index contributed by atoms with van der Waals surface area (Å²) in [4.78, 5) is 0. The van der Waals surface area contributed by atoms with Gasteiger partial charge < -0.3 is 5.73 Å². The van der Waals surface area contributed by atoms with Gasteiger partial charge in [-0.25, -0.2) is 4.39 Å². The summed E-state index contributed by atoms with van der Waals surface area (Å²) in [6.45, 7) is 2.24. The molecule has 0 aromatic heterocycles. The van der Waals surface area contributed by atoms with Crippen molar-refractivity contribution in [1.29, 1.82) is 0 Å². The molecule has 0 spiro atoms. The van der Waals surface area contributed by atoms with Crippen LogP contribution in [0.1, 0.15) is 45.4 Å². The minimum atomic E-state index is -0.881. The summed E-state index contributed by atoms with van der Waals surface area (Å²) in [7, 11) is 0. The first-order valence-electron chi connectivity index (χ1n) is 5.54. The predicted octanol–water partition coefficient (Wildman–Crippen LogP) is 2.64. The summed E-state index contributed by atoms with van der Waals surface area (Å²) in [6.07, 6.45) is 5.91. The standard InChI is InChI=1S/C11H20FN/c1-8-3-2-4-9(5-8)11(12)6-10(13)7-11/h8-10H,2-7,13H2,1H3. The average Bonchev–Trinajstić information content (AvgIpc) is 2.02. The first-order chi connectivity index (χ1) is 6.10. The monoisotopic (exact) mass is 185 g/mol. The molecule has 2 saturated carbocycles. The lowest BCUT2D eigenvalue weighted by Gasteiger charge is -2.47. The molecule has 0 heterocycles. The van der Waals surface area contributed by atoms with E-state index in [1.807, 2.05) is 0 Å². The Labute approximate surface area is 79.9 Å². The molecule has 0 aromatic rings. The van der Waals surface area contributed by atoms with Crippen LogP contribution in [0.2, 0.25) is 0 Å². The van der Waals surface area contributed by atoms with Crippen LogP contribution in [0, 0.1) is 11.8 Å². The average molecular weight is 185 g/mol. The molecule has 2 unspecified atom stereocenters. The molecule has 13 heavy (non-hydrogen) atoms. The van der Waals surface area contributed by atoms with E-state index in [1.165, 1.54) is 12.8 Å². The maximum atomic E-state index is 14.1. The maximum absolute atomic E-state index is 14.1. The van der Waals surface area contributed by atoms with Crippen molar-refractivity contribution in [3.63, 3.8) is 0 Å². The van der Waals surface area contributed by atoms with Crippen molar-refractivity contribution in [3.8, 4) is 0 Å². The van der Waals surface area contributed by atoms with E-state index >= 15 is 0 Å². The van der Waals surface area contributed by atoms with Gasteiger partial charge in [0.05, 0.1) is 0 Å². The molecular weight excluding hydrogens is 165 g/mol. The smallest absolute Gasteiger partial charge is 0.116 e. The molecule has 0 amide bonds. The zero-order chi connectivity index (χ0) is 9.47. The zero-order valence-corrected chi connectivity index (χ0v) is 8.43. The third kappa shape index (κ3) is 1.74. The van der Waals surface area contributed by atoms with Crippen molar-refractivity contribution >= 4 is 0 Å². The summed E-state index contributed by atoms with van der Waals surface area (Å²) in [5.74, 6) is 1.04. The van der Waals surface area contributed by atoms with E-state index in [4.69, 9.17) is 5.73 Å². The molecule has 0 aromatic carbocycles. The van der Waals surface area contributed by atoms with Crippen LogP contribution in [0.25, 0.3) is 0 Å². The zero-order valence-electron chi connectivity index (χ0n) is 8.43. The van der Waals surface area contributed by atoms with Gasteiger partial charge in [0.2, 0.25) is 0 Å². The van der Waals surface area contributed by atoms with Gasteiger partial charge in [0.25, 0.3) is 0 Å². The molecule has 1 nitrogen and oxygen atoms in total. The third-order valence-corrected chi connectivity index (χ3v) is 3.87. The molecule has 0 aliphatic heterocycles. The highest BCUT2D eigenvalue weighted by Gasteiger charge is 2.49. The van der Waals surface area contributed by atoms with Crippen LogP contribution >= 0.6 is 0 Å². The Balaban J connectivity index is 1.92. The van der Waals surface area contributed by atoms with Crippen LogP contribution in [0.15, 0.2) is 0 Å². The van der Waals surface area contributed by atoms with Crippen molar-refractivity contribution in [2.75, 3.05) is 0 Å². The van der Waals surface area contributed by atoms with E-state index in [1.54, 1.807) is 0 Å². The van der Waals surface area contributed by atoms with Gasteiger partial charge in [-0.1, -0.05) is 19.8 Å². The largest absolute Gasteiger partial charge is 0.327 e. The Morgan fingerprint density at radius 2 is 2.00 bits per heavy atom. The number of alkyl halides is 1. The quantitative estimate of drug-likeness (QED) is 0.667. The number of nitrogens with two attached hydrogens (primary N) is 1. The fraction of sp³-hybridized carbons (Fsp3) is 1.00. The Bertz CT molecular complexity index is 187. The highest BCUT2D eigenvalue weighted by molar-refractivity contribution is 5.02. The maximum Gasteiger partial charge on any atom is 0.116 e. The normalized spacial score (nSPS) is 51.5. The van der Waals surface area contributed by atoms with Gasteiger partial charge in [-0.15, -0.1) is 0 Å². The third-order valence-electron chi connectivity index (χ3n) is 3.87. The van der Waals surface area contributed by atoms with Crippen molar-refractivity contribution in [1.82, 2.24) is 0 Å². The second kappa shape index (κ2) is 3.23. The molecule has 2 atom stereocenters. The molecule has 0 radical (unpaired) electrons. The second-order valence-corrected chi connectivity index (χ2v) is 5.17. The van der Waals surface area contributed by atoms with Crippen LogP contribution < -0.4 is 5.73 Å². The highest BCUT2D eigenvalue weighted by atomic mass is 19.1. The van der Waals surface area contributed by atoms with Gasteiger partial charge in [0, 0.05) is 6.04 Å². The topological polar surface area (TPSA) is 26.0 Å². The molecule has 2 aliphatic carbocycles. The first kappa shape index (κ1) is 9.45. The van der Waals surface area contributed by atoms with Gasteiger partial charge in [-0.2, -0.15) is 0 Å². The van der Waals surface area contributed by atoms with Gasteiger partial charge in [-0.3, -0.25) is 0 Å². The Morgan fingerprint density at radius 1 is 1.31 bits per heavy atom. The Hall–Kier alpha value is -0.110. The molecular formula is C11H20FN. The van der Waals surface area contributed by atoms with Crippen molar-refractivity contribution in [3.05, 3.63) is 0 Å². The Kier molecular flexibility index (Phi) is 2.35. The summed E-state index contributed by atoms with van der Waals surface area (Å²) < 4.78 is 14.1. The number of hydrogen-bond donors (Lipinski definition) is 1. The SMILES string of the molecule is CC1CCCC(C2(F)CC(N)C2)C1. The molecule has 2 aliphatic rings. The number of halogens is 1. The van der Waals surface area contributed by atoms with Crippen LogP contribution in [0.5, 0.6) is 0 Å². The minimum Gasteiger partial charge on any atom is -0.327 e. The van der Waals surface area contributed by atoms with Crippen molar-refractivity contribution < 1.29 is 4.39 Å². The van der Waals surface area contributed by atoms with E-state index in [2.05, 4.69) is 6.92 Å². The lowest BCUT2D eigenvalue weighted by Crippen LogP contribution is -2.53. The van der Waals surface area contributed by atoms with E-state index < -0.39 is 5.67 Å². The van der Waals surface area contributed by atoms with Crippen LogP contribution in [0.4, 0.5) is 4.39 Å². The first-order valence-corrected chi connectivity index (χ1v) is 5.54. The molecule has 2 rings (SSSR count). The molecule has 2 heteroatoms. The van der Waals surface area contributed by atoms with E-state index in [9.17, 15) is 4.39 Å². The highest BCUT2D eigenvalue weighted by Crippen LogP contribution is 2.48. The predicted molar refractivity (Wildman–Crippen MR) is 52.2 cm³/mol. The number of hydrogen-bond acceptors (Lipinski definition) is 1. The molecule has 76 valence electrons. The molecule has 0 saturated heterocycles. The summed E-state index contributed by atoms with van der Waals surface area (Å²) in [5, 5.41) is 0. The molecule has 0 bridgehead atoms. The summed E-state index contributed by atoms with van der Waals surface area (Å²) in [5.41, 5.74) is 4.77. The molecule has 2 fully saturated rings. The summed E-state index contributed by atoms with van der Waals surface area (Å²) >= 11 is 0. The van der Waals surface area contributed by atoms with E-state index in [-0.39, 0.29) is 6.04 Å². The number of rotatable bonds is 1. The lowest BCUT2D eigenvalue weighted by atomic mass is 9.64. The van der Waals surface area contributed by atoms with Gasteiger partial charge in [-0.05, 0) is 37.5 Å².